The molecule has 1 unspecified atom stereocenters. The Kier molecular flexibility index (Phi) is 8.62. The minimum atomic E-state index is -0.655. The lowest BCUT2D eigenvalue weighted by Crippen LogP contribution is -2.44. The normalized spacial score (nSPS) is 27.9. The molecular formula is C31H46N6O4. The van der Waals surface area contributed by atoms with Crippen molar-refractivity contribution in [3.8, 4) is 0 Å². The summed E-state index contributed by atoms with van der Waals surface area (Å²) in [5, 5.41) is 2.37. The number of nitrogens with zero attached hydrogens (tertiary/aromatic N) is 4. The van der Waals surface area contributed by atoms with E-state index in [-0.39, 0.29) is 18.0 Å². The second-order valence-corrected chi connectivity index (χ2v) is 12.9. The number of aryl methyl sites for hydroxylation is 1. The summed E-state index contributed by atoms with van der Waals surface area (Å²) >= 11 is 0. The Morgan fingerprint density at radius 2 is 1.51 bits per heavy atom. The molecule has 2 aromatic rings. The maximum Gasteiger partial charge on any atom is 0.329 e. The van der Waals surface area contributed by atoms with E-state index >= 15 is 0 Å². The summed E-state index contributed by atoms with van der Waals surface area (Å²) < 4.78 is 9.73. The fourth-order valence-electron chi connectivity index (χ4n) is 7.43. The number of aromatic nitrogens is 2. The number of imidazole rings is 1. The van der Waals surface area contributed by atoms with E-state index in [0.29, 0.717) is 24.7 Å². The number of carbonyl (C=O) groups is 2. The second-order valence-electron chi connectivity index (χ2n) is 12.9. The van der Waals surface area contributed by atoms with Gasteiger partial charge in [0, 0.05) is 58.8 Å². The van der Waals surface area contributed by atoms with Gasteiger partial charge in [0.1, 0.15) is 6.04 Å². The van der Waals surface area contributed by atoms with Crippen LogP contribution in [0.3, 0.4) is 0 Å². The number of benzene rings is 1. The molecule has 3 N–H and O–H groups in total. The highest BCUT2D eigenvalue weighted by Crippen LogP contribution is 2.28. The zero-order chi connectivity index (χ0) is 28.5. The Bertz CT molecular complexity index is 1300. The van der Waals surface area contributed by atoms with E-state index < -0.39 is 11.9 Å². The summed E-state index contributed by atoms with van der Waals surface area (Å²) in [5.74, 6) is 0.144. The van der Waals surface area contributed by atoms with Crippen molar-refractivity contribution in [1.82, 2.24) is 24.3 Å². The lowest BCUT2D eigenvalue weighted by molar-refractivity contribution is -0.135. The van der Waals surface area contributed by atoms with Crippen LogP contribution in [-0.4, -0.2) is 81.7 Å². The summed E-state index contributed by atoms with van der Waals surface area (Å²) in [6.45, 7) is 6.37. The fraction of sp³-hybridized carbons (Fsp3) is 0.710. The number of fused-ring (bicyclic) bond motifs is 1. The average Bonchev–Trinajstić information content (AvgIpc) is 3.21. The van der Waals surface area contributed by atoms with Crippen molar-refractivity contribution in [2.75, 3.05) is 32.7 Å². The largest absolute Gasteiger partial charge is 0.375 e. The van der Waals surface area contributed by atoms with Gasteiger partial charge in [0.05, 0.1) is 23.2 Å². The van der Waals surface area contributed by atoms with Crippen LogP contribution in [0.5, 0.6) is 0 Å². The first-order valence-corrected chi connectivity index (χ1v) is 15.7. The van der Waals surface area contributed by atoms with Crippen LogP contribution in [0, 0.1) is 5.92 Å². The maximum atomic E-state index is 13.1. The van der Waals surface area contributed by atoms with Gasteiger partial charge in [-0.05, 0) is 81.4 Å². The molecule has 3 saturated heterocycles. The highest BCUT2D eigenvalue weighted by molar-refractivity contribution is 6.00. The van der Waals surface area contributed by atoms with Crippen LogP contribution in [0.25, 0.3) is 11.0 Å². The molecule has 1 aromatic carbocycles. The van der Waals surface area contributed by atoms with Gasteiger partial charge >= 0.3 is 5.69 Å². The first-order chi connectivity index (χ1) is 19.8. The van der Waals surface area contributed by atoms with E-state index in [9.17, 15) is 14.4 Å². The third-order valence-electron chi connectivity index (χ3n) is 9.94. The van der Waals surface area contributed by atoms with Crippen molar-refractivity contribution in [1.29, 1.82) is 0 Å². The van der Waals surface area contributed by atoms with Gasteiger partial charge in [-0.1, -0.05) is 6.07 Å². The smallest absolute Gasteiger partial charge is 0.329 e. The Labute approximate surface area is 242 Å². The standard InChI is InChI=1S/C31H46N6O4/c1-34-28-18-22(4-7-26(28)37(31(34)40)27-8-9-29(38)33-30(27)39)20-36-16-12-25(13-17-36)41-24-10-14-35(15-11-24)19-21-2-5-23(32)6-3-21/h4,7,18,21,23-25,27H,2-3,5-6,8-17,19-20,32H2,1H3,(H,33,38,39). The minimum absolute atomic E-state index is 0.228. The van der Waals surface area contributed by atoms with E-state index in [1.165, 1.54) is 32.2 Å². The zero-order valence-electron chi connectivity index (χ0n) is 24.4. The first-order valence-electron chi connectivity index (χ1n) is 15.7. The van der Waals surface area contributed by atoms with Crippen LogP contribution in [-0.2, 0) is 27.9 Å². The lowest BCUT2D eigenvalue weighted by atomic mass is 9.86. The van der Waals surface area contributed by atoms with Crippen molar-refractivity contribution in [3.05, 3.63) is 34.2 Å². The van der Waals surface area contributed by atoms with Gasteiger partial charge in [0.25, 0.3) is 0 Å². The van der Waals surface area contributed by atoms with Crippen LogP contribution in [0.4, 0.5) is 0 Å². The van der Waals surface area contributed by atoms with Crippen LogP contribution in [0.2, 0.25) is 0 Å². The summed E-state index contributed by atoms with van der Waals surface area (Å²) in [7, 11) is 1.75. The fourth-order valence-corrected chi connectivity index (χ4v) is 7.43. The third-order valence-corrected chi connectivity index (χ3v) is 9.94. The van der Waals surface area contributed by atoms with Gasteiger partial charge in [-0.25, -0.2) is 4.79 Å². The van der Waals surface area contributed by atoms with Crippen molar-refractivity contribution >= 4 is 22.8 Å². The molecule has 0 radical (unpaired) electrons. The van der Waals surface area contributed by atoms with Gasteiger partial charge < -0.3 is 15.4 Å². The van der Waals surface area contributed by atoms with Crippen LogP contribution >= 0.6 is 0 Å². The molecular weight excluding hydrogens is 520 g/mol. The van der Waals surface area contributed by atoms with Crippen molar-refractivity contribution < 1.29 is 14.3 Å². The number of imide groups is 1. The highest BCUT2D eigenvalue weighted by Gasteiger charge is 2.32. The van der Waals surface area contributed by atoms with Gasteiger partial charge in [0.15, 0.2) is 0 Å². The molecule has 4 aliphatic rings. The average molecular weight is 567 g/mol. The first kappa shape index (κ1) is 28.6. The van der Waals surface area contributed by atoms with Gasteiger partial charge in [0.2, 0.25) is 11.8 Å². The topological polar surface area (TPSA) is 115 Å². The number of ether oxygens (including phenoxy) is 1. The number of carbonyl (C=O) groups excluding carboxylic acids is 2. The van der Waals surface area contributed by atoms with E-state index in [4.69, 9.17) is 10.5 Å². The Morgan fingerprint density at radius 1 is 0.854 bits per heavy atom. The predicted molar refractivity (Wildman–Crippen MR) is 157 cm³/mol. The van der Waals surface area contributed by atoms with Gasteiger partial charge in [-0.15, -0.1) is 0 Å². The van der Waals surface area contributed by atoms with Crippen LogP contribution in [0.15, 0.2) is 23.0 Å². The molecule has 3 aliphatic heterocycles. The second kappa shape index (κ2) is 12.4. The molecule has 1 aromatic heterocycles. The molecule has 10 nitrogen and oxygen atoms in total. The SMILES string of the molecule is Cn1c(=O)n(C2CCC(=O)NC2=O)c2ccc(CN3CCC(OC4CCN(CC5CCC(N)CC5)CC4)CC3)cc21. The molecule has 2 amide bonds. The molecule has 4 fully saturated rings. The van der Waals surface area contributed by atoms with Gasteiger partial charge in [-0.2, -0.15) is 0 Å². The van der Waals surface area contributed by atoms with Crippen molar-refractivity contribution in [2.45, 2.75) is 95.0 Å². The maximum absolute atomic E-state index is 13.1. The molecule has 1 atom stereocenters. The number of hydrogen-bond acceptors (Lipinski definition) is 7. The van der Waals surface area contributed by atoms with E-state index in [1.807, 2.05) is 6.07 Å². The van der Waals surface area contributed by atoms with Crippen molar-refractivity contribution in [2.24, 2.45) is 18.7 Å². The quantitative estimate of drug-likeness (QED) is 0.494. The van der Waals surface area contributed by atoms with Crippen LogP contribution < -0.4 is 16.7 Å². The number of likely N-dealkylation sites (tertiary alicyclic amines) is 2. The number of amides is 2. The summed E-state index contributed by atoms with van der Waals surface area (Å²) in [5.41, 5.74) is 8.55. The predicted octanol–water partition coefficient (Wildman–Crippen LogP) is 2.28. The molecule has 41 heavy (non-hydrogen) atoms. The Balaban J connectivity index is 0.979. The third kappa shape index (κ3) is 6.45. The monoisotopic (exact) mass is 566 g/mol. The van der Waals surface area contributed by atoms with E-state index in [0.717, 1.165) is 80.9 Å². The van der Waals surface area contributed by atoms with Crippen LogP contribution in [0.1, 0.15) is 75.8 Å². The molecule has 1 aliphatic carbocycles. The molecule has 224 valence electrons. The van der Waals surface area contributed by atoms with E-state index in [1.54, 1.807) is 16.2 Å². The number of nitrogens with one attached hydrogen (secondary N) is 1. The number of hydrogen-bond donors (Lipinski definition) is 2. The number of rotatable bonds is 7. The Morgan fingerprint density at radius 3 is 2.17 bits per heavy atom. The molecule has 10 heteroatoms. The number of nitrogens with two attached hydrogens (primary N) is 1. The summed E-state index contributed by atoms with van der Waals surface area (Å²) in [4.78, 5) is 42.2. The Hall–Kier alpha value is -2.53. The molecule has 0 spiro atoms. The lowest BCUT2D eigenvalue weighted by Gasteiger charge is -2.38. The summed E-state index contributed by atoms with van der Waals surface area (Å²) in [6, 6.07) is 5.84. The zero-order valence-corrected chi connectivity index (χ0v) is 24.4. The highest BCUT2D eigenvalue weighted by atomic mass is 16.5. The van der Waals surface area contributed by atoms with Crippen molar-refractivity contribution in [3.63, 3.8) is 0 Å². The molecule has 6 rings (SSSR count). The molecule has 1 saturated carbocycles. The van der Waals surface area contributed by atoms with E-state index in [2.05, 4.69) is 27.2 Å². The molecule has 0 bridgehead atoms. The van der Waals surface area contributed by atoms with Gasteiger partial charge in [-0.3, -0.25) is 28.9 Å². The molecule has 4 heterocycles. The summed E-state index contributed by atoms with van der Waals surface area (Å²) in [6.07, 6.45) is 10.7. The number of piperidine rings is 3. The minimum Gasteiger partial charge on any atom is -0.375 e.